The molecule has 0 unspecified atom stereocenters. The molecule has 1 aliphatic heterocycles. The highest BCUT2D eigenvalue weighted by molar-refractivity contribution is 7.92. The number of aromatic nitrogens is 4. The van der Waals surface area contributed by atoms with E-state index in [9.17, 15) is 13.2 Å². The van der Waals surface area contributed by atoms with Crippen LogP contribution in [0.1, 0.15) is 54.4 Å². The van der Waals surface area contributed by atoms with Crippen LogP contribution >= 0.6 is 0 Å². The Bertz CT molecular complexity index is 1790. The SMILES string of the molecule is Cc1cccc(C2(C(=O)N3CC(Oc4cc(-c5c(C)cccc5C)nc(NS(=O)(=O)c5cnn(C)c5)n4)C3)CCCCC2)c1. The second-order valence-electron chi connectivity index (χ2n) is 12.1. The summed E-state index contributed by atoms with van der Waals surface area (Å²) in [5, 5.41) is 3.97. The number of sulfonamides is 1. The summed E-state index contributed by atoms with van der Waals surface area (Å²) in [5.41, 5.74) is 5.16. The van der Waals surface area contributed by atoms with E-state index in [1.54, 1.807) is 13.1 Å². The first-order chi connectivity index (χ1) is 21.0. The number of nitrogens with zero attached hydrogens (tertiary/aromatic N) is 5. The van der Waals surface area contributed by atoms with Crippen LogP contribution in [0, 0.1) is 20.8 Å². The Morgan fingerprint density at radius 2 is 1.68 bits per heavy atom. The van der Waals surface area contributed by atoms with Gasteiger partial charge in [0.1, 0.15) is 11.0 Å². The van der Waals surface area contributed by atoms with Crippen LogP contribution in [-0.2, 0) is 27.3 Å². The lowest BCUT2D eigenvalue weighted by molar-refractivity contribution is -0.148. The smallest absolute Gasteiger partial charge is 0.267 e. The molecule has 0 bridgehead atoms. The fourth-order valence-corrected chi connectivity index (χ4v) is 7.40. The van der Waals surface area contributed by atoms with Gasteiger partial charge in [0.25, 0.3) is 10.0 Å². The molecule has 2 aromatic carbocycles. The van der Waals surface area contributed by atoms with E-state index in [2.05, 4.69) is 44.9 Å². The molecular formula is C33H38N6O4S. The molecule has 2 aromatic heterocycles. The van der Waals surface area contributed by atoms with Crippen molar-refractivity contribution in [2.45, 2.75) is 69.3 Å². The highest BCUT2D eigenvalue weighted by Gasteiger charge is 2.47. The van der Waals surface area contributed by atoms with Crippen molar-refractivity contribution in [3.63, 3.8) is 0 Å². The summed E-state index contributed by atoms with van der Waals surface area (Å²) in [7, 11) is -2.34. The van der Waals surface area contributed by atoms with Gasteiger partial charge in [0.2, 0.25) is 17.7 Å². The molecule has 6 rings (SSSR count). The molecule has 0 atom stereocenters. The van der Waals surface area contributed by atoms with E-state index in [4.69, 9.17) is 4.74 Å². The quantitative estimate of drug-likeness (QED) is 0.294. The van der Waals surface area contributed by atoms with Gasteiger partial charge in [0, 0.05) is 24.9 Å². The number of carbonyl (C=O) groups excluding carboxylic acids is 1. The minimum absolute atomic E-state index is 0.00180. The van der Waals surface area contributed by atoms with Gasteiger partial charge >= 0.3 is 0 Å². The van der Waals surface area contributed by atoms with Crippen LogP contribution in [0.3, 0.4) is 0 Å². The Morgan fingerprint density at radius 1 is 0.977 bits per heavy atom. The third kappa shape index (κ3) is 5.80. The molecule has 1 saturated heterocycles. The van der Waals surface area contributed by atoms with Crippen molar-refractivity contribution >= 4 is 21.9 Å². The van der Waals surface area contributed by atoms with Crippen LogP contribution in [0.25, 0.3) is 11.3 Å². The molecule has 0 spiro atoms. The first kappa shape index (κ1) is 29.8. The fourth-order valence-electron chi connectivity index (χ4n) is 6.47. The van der Waals surface area contributed by atoms with E-state index in [0.29, 0.717) is 18.8 Å². The molecule has 11 heteroatoms. The van der Waals surface area contributed by atoms with Crippen LogP contribution in [0.4, 0.5) is 5.95 Å². The normalized spacial score (nSPS) is 16.8. The molecule has 230 valence electrons. The van der Waals surface area contributed by atoms with Gasteiger partial charge in [0.05, 0.1) is 30.4 Å². The Labute approximate surface area is 258 Å². The van der Waals surface area contributed by atoms with Crippen molar-refractivity contribution in [3.05, 3.63) is 83.2 Å². The van der Waals surface area contributed by atoms with E-state index >= 15 is 0 Å². The lowest BCUT2D eigenvalue weighted by Crippen LogP contribution is -2.61. The maximum absolute atomic E-state index is 14.0. The van der Waals surface area contributed by atoms with Gasteiger partial charge in [-0.2, -0.15) is 10.1 Å². The van der Waals surface area contributed by atoms with Crippen molar-refractivity contribution < 1.29 is 17.9 Å². The zero-order valence-electron chi connectivity index (χ0n) is 25.6. The van der Waals surface area contributed by atoms with Gasteiger partial charge < -0.3 is 9.64 Å². The molecule has 0 radical (unpaired) electrons. The van der Waals surface area contributed by atoms with Gasteiger partial charge in [-0.3, -0.25) is 9.48 Å². The van der Waals surface area contributed by atoms with Gasteiger partial charge in [0.15, 0.2) is 0 Å². The summed E-state index contributed by atoms with van der Waals surface area (Å²) in [6.07, 6.45) is 7.32. The van der Waals surface area contributed by atoms with E-state index < -0.39 is 15.4 Å². The number of likely N-dealkylation sites (tertiary alicyclic amines) is 1. The molecule has 2 fully saturated rings. The Kier molecular flexibility index (Phi) is 7.91. The molecule has 2 aliphatic rings. The third-order valence-electron chi connectivity index (χ3n) is 8.77. The van der Waals surface area contributed by atoms with Gasteiger partial charge in [-0.25, -0.2) is 18.1 Å². The number of carbonyl (C=O) groups is 1. The van der Waals surface area contributed by atoms with E-state index in [0.717, 1.165) is 59.9 Å². The summed E-state index contributed by atoms with van der Waals surface area (Å²) in [6, 6.07) is 16.0. The standard InChI is InChI=1S/C33H38N6O4S/c1-22-10-8-13-25(16-22)33(14-6-5-7-15-33)31(40)39-19-26(20-39)43-29-17-28(30-23(2)11-9-12-24(30)3)35-32(36-29)37-44(41,42)27-18-34-38(4)21-27/h8-13,16-18,21,26H,5-7,14-15,19-20H2,1-4H3,(H,35,36,37). The average molecular weight is 615 g/mol. The molecule has 4 aromatic rings. The predicted molar refractivity (Wildman–Crippen MR) is 168 cm³/mol. The first-order valence-corrected chi connectivity index (χ1v) is 16.5. The molecular weight excluding hydrogens is 576 g/mol. The summed E-state index contributed by atoms with van der Waals surface area (Å²) in [6.45, 7) is 6.90. The molecule has 1 amide bonds. The van der Waals surface area contributed by atoms with Crippen molar-refractivity contribution in [1.29, 1.82) is 0 Å². The summed E-state index contributed by atoms with van der Waals surface area (Å²) in [5.74, 6) is 0.299. The van der Waals surface area contributed by atoms with Gasteiger partial charge in [-0.15, -0.1) is 0 Å². The Hall–Kier alpha value is -4.25. The maximum Gasteiger partial charge on any atom is 0.267 e. The topological polar surface area (TPSA) is 119 Å². The van der Waals surface area contributed by atoms with Crippen molar-refractivity contribution in [2.24, 2.45) is 7.05 Å². The lowest BCUT2D eigenvalue weighted by atomic mass is 9.68. The zero-order valence-corrected chi connectivity index (χ0v) is 26.4. The maximum atomic E-state index is 14.0. The second kappa shape index (κ2) is 11.7. The highest BCUT2D eigenvalue weighted by Crippen LogP contribution is 2.42. The van der Waals surface area contributed by atoms with Gasteiger partial charge in [-0.1, -0.05) is 67.3 Å². The molecule has 3 heterocycles. The number of nitrogens with one attached hydrogen (secondary N) is 1. The molecule has 1 saturated carbocycles. The lowest BCUT2D eigenvalue weighted by Gasteiger charge is -2.46. The largest absolute Gasteiger partial charge is 0.470 e. The number of ether oxygens (including phenoxy) is 1. The predicted octanol–water partition coefficient (Wildman–Crippen LogP) is 5.09. The van der Waals surface area contributed by atoms with Crippen molar-refractivity contribution in [1.82, 2.24) is 24.6 Å². The number of rotatable bonds is 8. The van der Waals surface area contributed by atoms with Crippen LogP contribution in [0.2, 0.25) is 0 Å². The number of hydrogen-bond donors (Lipinski definition) is 1. The molecule has 1 aliphatic carbocycles. The van der Waals surface area contributed by atoms with E-state index in [1.165, 1.54) is 17.1 Å². The minimum atomic E-state index is -3.98. The fraction of sp³-hybridized carbons (Fsp3) is 0.394. The molecule has 10 nitrogen and oxygen atoms in total. The van der Waals surface area contributed by atoms with Crippen LogP contribution < -0.4 is 9.46 Å². The minimum Gasteiger partial charge on any atom is -0.470 e. The van der Waals surface area contributed by atoms with Gasteiger partial charge in [-0.05, 0) is 50.3 Å². The van der Waals surface area contributed by atoms with Crippen molar-refractivity contribution in [2.75, 3.05) is 17.8 Å². The average Bonchev–Trinajstić information content (AvgIpc) is 3.42. The van der Waals surface area contributed by atoms with Crippen LogP contribution in [-0.4, -0.2) is 58.2 Å². The number of hydrogen-bond acceptors (Lipinski definition) is 7. The summed E-state index contributed by atoms with van der Waals surface area (Å²) >= 11 is 0. The first-order valence-electron chi connectivity index (χ1n) is 15.0. The zero-order chi connectivity index (χ0) is 31.1. The monoisotopic (exact) mass is 614 g/mol. The van der Waals surface area contributed by atoms with E-state index in [-0.39, 0.29) is 28.7 Å². The number of amides is 1. The molecule has 1 N–H and O–H groups in total. The summed E-state index contributed by atoms with van der Waals surface area (Å²) in [4.78, 5) is 24.9. The molecule has 44 heavy (non-hydrogen) atoms. The highest BCUT2D eigenvalue weighted by atomic mass is 32.2. The third-order valence-corrected chi connectivity index (χ3v) is 10.0. The van der Waals surface area contributed by atoms with Crippen LogP contribution in [0.15, 0.2) is 65.8 Å². The number of anilines is 1. The number of aryl methyl sites for hydroxylation is 4. The van der Waals surface area contributed by atoms with Crippen molar-refractivity contribution in [3.8, 4) is 17.1 Å². The number of benzene rings is 2. The van der Waals surface area contributed by atoms with Crippen LogP contribution in [0.5, 0.6) is 5.88 Å². The second-order valence-corrected chi connectivity index (χ2v) is 13.8. The van der Waals surface area contributed by atoms with E-state index in [1.807, 2.05) is 43.0 Å². The Balaban J connectivity index is 1.25. The Morgan fingerprint density at radius 3 is 2.34 bits per heavy atom. The summed E-state index contributed by atoms with van der Waals surface area (Å²) < 4.78 is 36.4.